The SMILES string of the molecule is C[C@]12CC[C@H](O)C[C@H]1CC[C@@H]1[C@@H]2CC[C@]2(C)C(C=NNC(=N)N)CC[C@]12O. The molecule has 6 heteroatoms. The van der Waals surface area contributed by atoms with Crippen LogP contribution in [0.1, 0.15) is 71.6 Å². The molecule has 4 aliphatic rings. The molecule has 4 aliphatic carbocycles. The van der Waals surface area contributed by atoms with Crippen molar-refractivity contribution in [3.63, 3.8) is 0 Å². The van der Waals surface area contributed by atoms with E-state index in [0.717, 1.165) is 57.8 Å². The molecule has 1 unspecified atom stereocenters. The summed E-state index contributed by atoms with van der Waals surface area (Å²) in [6.45, 7) is 4.69. The molecule has 4 rings (SSSR count). The molecule has 4 fully saturated rings. The van der Waals surface area contributed by atoms with Crippen LogP contribution in [0.3, 0.4) is 0 Å². The van der Waals surface area contributed by atoms with Crippen molar-refractivity contribution in [2.75, 3.05) is 0 Å². The molecule has 0 aromatic heterocycles. The Morgan fingerprint density at radius 3 is 2.63 bits per heavy atom. The van der Waals surface area contributed by atoms with Gasteiger partial charge in [-0.05, 0) is 81.0 Å². The number of hydrazone groups is 1. The predicted octanol–water partition coefficient (Wildman–Crippen LogP) is 2.59. The van der Waals surface area contributed by atoms with Crippen molar-refractivity contribution in [3.05, 3.63) is 0 Å². The van der Waals surface area contributed by atoms with Gasteiger partial charge < -0.3 is 15.9 Å². The van der Waals surface area contributed by atoms with Gasteiger partial charge in [-0.1, -0.05) is 13.8 Å². The summed E-state index contributed by atoms with van der Waals surface area (Å²) in [5.74, 6) is 1.59. The molecule has 6 nitrogen and oxygen atoms in total. The largest absolute Gasteiger partial charge is 0.393 e. The lowest BCUT2D eigenvalue weighted by atomic mass is 9.43. The number of hydrogen-bond donors (Lipinski definition) is 5. The second kappa shape index (κ2) is 6.45. The minimum atomic E-state index is -0.632. The second-order valence-corrected chi connectivity index (χ2v) is 10.3. The fraction of sp³-hybridized carbons (Fsp3) is 0.905. The minimum absolute atomic E-state index is 0.127. The third-order valence-corrected chi connectivity index (χ3v) is 9.34. The molecule has 0 bridgehead atoms. The molecule has 8 atom stereocenters. The van der Waals surface area contributed by atoms with E-state index in [0.29, 0.717) is 17.8 Å². The van der Waals surface area contributed by atoms with E-state index in [1.807, 2.05) is 6.21 Å². The van der Waals surface area contributed by atoms with Gasteiger partial charge in [-0.2, -0.15) is 5.10 Å². The zero-order chi connectivity index (χ0) is 19.4. The van der Waals surface area contributed by atoms with Crippen molar-refractivity contribution in [2.24, 2.45) is 45.3 Å². The van der Waals surface area contributed by atoms with Crippen LogP contribution >= 0.6 is 0 Å². The van der Waals surface area contributed by atoms with Crippen LogP contribution in [0.5, 0.6) is 0 Å². The highest BCUT2D eigenvalue weighted by Crippen LogP contribution is 2.68. The minimum Gasteiger partial charge on any atom is -0.393 e. The van der Waals surface area contributed by atoms with E-state index in [2.05, 4.69) is 24.4 Å². The number of fused-ring (bicyclic) bond motifs is 5. The maximum Gasteiger partial charge on any atom is 0.206 e. The van der Waals surface area contributed by atoms with Gasteiger partial charge in [0.25, 0.3) is 0 Å². The second-order valence-electron chi connectivity index (χ2n) is 10.3. The van der Waals surface area contributed by atoms with Gasteiger partial charge in [0, 0.05) is 17.5 Å². The molecule has 0 spiro atoms. The predicted molar refractivity (Wildman–Crippen MR) is 106 cm³/mol. The van der Waals surface area contributed by atoms with Gasteiger partial charge in [-0.25, -0.2) is 5.43 Å². The van der Waals surface area contributed by atoms with Crippen molar-refractivity contribution in [1.29, 1.82) is 5.41 Å². The molecule has 0 aliphatic heterocycles. The van der Waals surface area contributed by atoms with Crippen LogP contribution in [-0.2, 0) is 0 Å². The third-order valence-electron chi connectivity index (χ3n) is 9.34. The van der Waals surface area contributed by atoms with Gasteiger partial charge >= 0.3 is 0 Å². The molecular weight excluding hydrogens is 340 g/mol. The summed E-state index contributed by atoms with van der Waals surface area (Å²) in [4.78, 5) is 0. The normalized spacial score (nSPS) is 52.1. The van der Waals surface area contributed by atoms with Crippen LogP contribution < -0.4 is 11.2 Å². The Hall–Kier alpha value is -1.14. The Morgan fingerprint density at radius 1 is 1.11 bits per heavy atom. The Kier molecular flexibility index (Phi) is 4.58. The van der Waals surface area contributed by atoms with E-state index in [1.165, 1.54) is 0 Å². The van der Waals surface area contributed by atoms with Crippen LogP contribution in [-0.4, -0.2) is 34.1 Å². The molecule has 0 heterocycles. The lowest BCUT2D eigenvalue weighted by molar-refractivity contribution is -0.206. The summed E-state index contributed by atoms with van der Waals surface area (Å²) in [5.41, 5.74) is 7.33. The molecule has 0 aromatic carbocycles. The Morgan fingerprint density at radius 2 is 1.89 bits per heavy atom. The maximum atomic E-state index is 12.0. The molecule has 0 radical (unpaired) electrons. The first-order valence-electron chi connectivity index (χ1n) is 10.7. The Balaban J connectivity index is 1.59. The summed E-state index contributed by atoms with van der Waals surface area (Å²) in [5, 5.41) is 33.6. The van der Waals surface area contributed by atoms with Gasteiger partial charge in [0.2, 0.25) is 5.96 Å². The third kappa shape index (κ3) is 2.74. The highest BCUT2D eigenvalue weighted by Gasteiger charge is 2.66. The number of guanidine groups is 1. The van der Waals surface area contributed by atoms with Gasteiger partial charge in [0.15, 0.2) is 0 Å². The molecule has 27 heavy (non-hydrogen) atoms. The number of nitrogens with two attached hydrogens (primary N) is 1. The van der Waals surface area contributed by atoms with E-state index < -0.39 is 5.60 Å². The molecular formula is C21H36N4O2. The number of nitrogens with one attached hydrogen (secondary N) is 2. The van der Waals surface area contributed by atoms with Crippen LogP contribution in [0.25, 0.3) is 0 Å². The Labute approximate surface area is 162 Å². The molecule has 0 amide bonds. The number of aliphatic hydroxyl groups excluding tert-OH is 1. The zero-order valence-corrected chi connectivity index (χ0v) is 16.7. The number of hydrogen-bond acceptors (Lipinski definition) is 4. The van der Waals surface area contributed by atoms with Gasteiger partial charge in [-0.15, -0.1) is 0 Å². The van der Waals surface area contributed by atoms with Crippen molar-refractivity contribution in [1.82, 2.24) is 5.43 Å². The lowest BCUT2D eigenvalue weighted by Crippen LogP contribution is -2.62. The molecule has 0 saturated heterocycles. The van der Waals surface area contributed by atoms with Crippen LogP contribution in [0.4, 0.5) is 0 Å². The molecule has 152 valence electrons. The van der Waals surface area contributed by atoms with Gasteiger partial charge in [-0.3, -0.25) is 5.41 Å². The van der Waals surface area contributed by atoms with Crippen molar-refractivity contribution >= 4 is 12.2 Å². The van der Waals surface area contributed by atoms with Crippen LogP contribution in [0.15, 0.2) is 5.10 Å². The fourth-order valence-electron chi connectivity index (χ4n) is 7.68. The first-order chi connectivity index (χ1) is 12.7. The van der Waals surface area contributed by atoms with Crippen molar-refractivity contribution < 1.29 is 10.2 Å². The highest BCUT2D eigenvalue weighted by atomic mass is 16.3. The smallest absolute Gasteiger partial charge is 0.206 e. The average molecular weight is 377 g/mol. The first kappa shape index (κ1) is 19.2. The topological polar surface area (TPSA) is 115 Å². The van der Waals surface area contributed by atoms with Gasteiger partial charge in [0.1, 0.15) is 0 Å². The zero-order valence-electron chi connectivity index (χ0n) is 16.7. The maximum absolute atomic E-state index is 12.0. The van der Waals surface area contributed by atoms with Crippen LogP contribution in [0.2, 0.25) is 0 Å². The Bertz CT molecular complexity index is 640. The molecule has 0 aromatic rings. The van der Waals surface area contributed by atoms with E-state index >= 15 is 0 Å². The standard InChI is InChI=1S/C21H36N4O2/c1-19-8-6-15(26)11-13(19)3-4-17-16(19)7-9-20(2)14(5-10-21(17,20)27)12-24-25-18(22)23/h12-17,26-27H,3-11H2,1-2H3,(H4,22,23,25)/t13-,14?,15+,16+,17-,19+,20-,21+/m1/s1. The first-order valence-corrected chi connectivity index (χ1v) is 10.7. The van der Waals surface area contributed by atoms with E-state index in [1.54, 1.807) is 0 Å². The molecule has 6 N–H and O–H groups in total. The van der Waals surface area contributed by atoms with Gasteiger partial charge in [0.05, 0.1) is 11.7 Å². The molecule has 4 saturated carbocycles. The summed E-state index contributed by atoms with van der Waals surface area (Å²) < 4.78 is 0. The number of nitrogens with zero attached hydrogens (tertiary/aromatic N) is 1. The monoisotopic (exact) mass is 376 g/mol. The van der Waals surface area contributed by atoms with E-state index in [9.17, 15) is 10.2 Å². The summed E-state index contributed by atoms with van der Waals surface area (Å²) in [6, 6.07) is 0. The van der Waals surface area contributed by atoms with E-state index in [4.69, 9.17) is 11.1 Å². The fourth-order valence-corrected chi connectivity index (χ4v) is 7.68. The number of aliphatic hydroxyl groups is 2. The van der Waals surface area contributed by atoms with Crippen molar-refractivity contribution in [2.45, 2.75) is 83.3 Å². The summed E-state index contributed by atoms with van der Waals surface area (Å²) >= 11 is 0. The summed E-state index contributed by atoms with van der Waals surface area (Å²) in [6.07, 6.45) is 10.9. The van der Waals surface area contributed by atoms with Crippen molar-refractivity contribution in [3.8, 4) is 0 Å². The quantitative estimate of drug-likeness (QED) is 0.289. The highest BCUT2D eigenvalue weighted by molar-refractivity contribution is 5.75. The summed E-state index contributed by atoms with van der Waals surface area (Å²) in [7, 11) is 0. The van der Waals surface area contributed by atoms with Crippen LogP contribution in [0, 0.1) is 39.9 Å². The van der Waals surface area contributed by atoms with E-state index in [-0.39, 0.29) is 28.8 Å². The lowest BCUT2D eigenvalue weighted by Gasteiger charge is -2.63. The number of rotatable bonds is 2. The average Bonchev–Trinajstić information content (AvgIpc) is 2.87.